The van der Waals surface area contributed by atoms with Gasteiger partial charge >= 0.3 is 5.97 Å². The molecule has 138 valence electrons. The monoisotopic (exact) mass is 364 g/mol. The number of aliphatic carboxylic acids is 1. The van der Waals surface area contributed by atoms with Crippen molar-refractivity contribution >= 4 is 11.8 Å². The summed E-state index contributed by atoms with van der Waals surface area (Å²) in [5.74, 6) is 0.465. The Kier molecular flexibility index (Phi) is 6.30. The average molecular weight is 364 g/mol. The summed E-state index contributed by atoms with van der Waals surface area (Å²) in [5, 5.41) is 11.8. The fourth-order valence-corrected chi connectivity index (χ4v) is 2.41. The fourth-order valence-electron chi connectivity index (χ4n) is 2.41. The van der Waals surface area contributed by atoms with Gasteiger partial charge in [0, 0.05) is 25.2 Å². The van der Waals surface area contributed by atoms with Crippen LogP contribution in [0.2, 0.25) is 0 Å². The second kappa shape index (κ2) is 9.28. The summed E-state index contributed by atoms with van der Waals surface area (Å²) in [7, 11) is 0. The number of hydrogen-bond acceptors (Lipinski definition) is 6. The van der Waals surface area contributed by atoms with Crippen LogP contribution in [0.15, 0.2) is 60.8 Å². The highest BCUT2D eigenvalue weighted by molar-refractivity contribution is 5.67. The average Bonchev–Trinajstić information content (AvgIpc) is 2.69. The molecule has 2 N–H and O–H groups in total. The van der Waals surface area contributed by atoms with Gasteiger partial charge in [-0.3, -0.25) is 9.78 Å². The lowest BCUT2D eigenvalue weighted by molar-refractivity contribution is -0.136. The molecular formula is C20H20N4O3. The van der Waals surface area contributed by atoms with Gasteiger partial charge in [0.2, 0.25) is 5.88 Å². The molecule has 2 aromatic heterocycles. The third-order valence-electron chi connectivity index (χ3n) is 3.73. The van der Waals surface area contributed by atoms with Crippen LogP contribution in [0.5, 0.6) is 5.88 Å². The molecule has 0 aliphatic heterocycles. The lowest BCUT2D eigenvalue weighted by Crippen LogP contribution is -2.10. The van der Waals surface area contributed by atoms with Crippen LogP contribution >= 0.6 is 0 Å². The van der Waals surface area contributed by atoms with Crippen molar-refractivity contribution in [3.8, 4) is 17.4 Å². The molecule has 2 heterocycles. The third-order valence-corrected chi connectivity index (χ3v) is 3.73. The molecule has 0 spiro atoms. The normalized spacial score (nSPS) is 10.4. The van der Waals surface area contributed by atoms with Gasteiger partial charge in [0.1, 0.15) is 11.5 Å². The maximum Gasteiger partial charge on any atom is 0.305 e. The summed E-state index contributed by atoms with van der Waals surface area (Å²) in [6, 6.07) is 17.2. The number of nitrogens with one attached hydrogen (secondary N) is 1. The van der Waals surface area contributed by atoms with Crippen molar-refractivity contribution in [2.24, 2.45) is 0 Å². The van der Waals surface area contributed by atoms with E-state index in [9.17, 15) is 4.79 Å². The zero-order valence-corrected chi connectivity index (χ0v) is 14.7. The highest BCUT2D eigenvalue weighted by Gasteiger charge is 2.09. The van der Waals surface area contributed by atoms with Crippen LogP contribution in [0.3, 0.4) is 0 Å². The predicted molar refractivity (Wildman–Crippen MR) is 102 cm³/mol. The second-order valence-electron chi connectivity index (χ2n) is 5.78. The van der Waals surface area contributed by atoms with Crippen LogP contribution < -0.4 is 10.1 Å². The van der Waals surface area contributed by atoms with E-state index in [0.717, 1.165) is 6.42 Å². The van der Waals surface area contributed by atoms with E-state index in [2.05, 4.69) is 20.3 Å². The lowest BCUT2D eigenvalue weighted by atomic mass is 10.2. The first-order valence-electron chi connectivity index (χ1n) is 8.63. The van der Waals surface area contributed by atoms with E-state index in [1.807, 2.05) is 48.5 Å². The van der Waals surface area contributed by atoms with E-state index in [4.69, 9.17) is 9.84 Å². The molecule has 1 aromatic carbocycles. The first kappa shape index (κ1) is 18.3. The largest absolute Gasteiger partial charge is 0.481 e. The number of ether oxygens (including phenoxy) is 1. The molecule has 7 heteroatoms. The van der Waals surface area contributed by atoms with Crippen molar-refractivity contribution in [1.29, 1.82) is 0 Å². The van der Waals surface area contributed by atoms with Crippen LogP contribution in [0, 0.1) is 0 Å². The van der Waals surface area contributed by atoms with Crippen LogP contribution in [0.25, 0.3) is 11.5 Å². The number of carbonyl (C=O) groups is 1. The van der Waals surface area contributed by atoms with Gasteiger partial charge in [-0.2, -0.15) is 4.98 Å². The van der Waals surface area contributed by atoms with Crippen molar-refractivity contribution < 1.29 is 14.6 Å². The zero-order valence-electron chi connectivity index (χ0n) is 14.7. The quantitative estimate of drug-likeness (QED) is 0.602. The molecule has 3 aromatic rings. The molecule has 0 radical (unpaired) electrons. The molecule has 0 aliphatic carbocycles. The maximum absolute atomic E-state index is 10.7. The zero-order chi connectivity index (χ0) is 18.9. The summed E-state index contributed by atoms with van der Waals surface area (Å²) >= 11 is 0. The highest BCUT2D eigenvalue weighted by atomic mass is 16.5. The van der Waals surface area contributed by atoms with Crippen LogP contribution in [-0.4, -0.2) is 39.2 Å². The Morgan fingerprint density at radius 1 is 1.07 bits per heavy atom. The highest BCUT2D eigenvalue weighted by Crippen LogP contribution is 2.20. The SMILES string of the molecule is O=C(O)CCNc1cc(OCCc2ccccc2)nc(-c2ccccn2)n1. The maximum atomic E-state index is 10.7. The number of rotatable bonds is 9. The molecule has 0 unspecified atom stereocenters. The number of anilines is 1. The molecule has 0 aliphatic rings. The van der Waals surface area contributed by atoms with Crippen molar-refractivity contribution in [2.75, 3.05) is 18.5 Å². The molecule has 0 amide bonds. The van der Waals surface area contributed by atoms with E-state index in [1.165, 1.54) is 5.56 Å². The van der Waals surface area contributed by atoms with Crippen molar-refractivity contribution in [3.05, 3.63) is 66.4 Å². The molecule has 0 atom stereocenters. The van der Waals surface area contributed by atoms with E-state index in [1.54, 1.807) is 12.3 Å². The van der Waals surface area contributed by atoms with Gasteiger partial charge in [0.05, 0.1) is 13.0 Å². The smallest absolute Gasteiger partial charge is 0.305 e. The number of pyridine rings is 1. The molecule has 0 bridgehead atoms. The van der Waals surface area contributed by atoms with E-state index >= 15 is 0 Å². The van der Waals surface area contributed by atoms with Crippen LogP contribution in [0.1, 0.15) is 12.0 Å². The number of carboxylic acid groups (broad SMARTS) is 1. The standard InChI is InChI=1S/C20H20N4O3/c25-19(26)9-12-22-17-14-18(27-13-10-15-6-2-1-3-7-15)24-20(23-17)16-8-4-5-11-21-16/h1-8,11,14H,9-10,12-13H2,(H,25,26)(H,22,23,24). The summed E-state index contributed by atoms with van der Waals surface area (Å²) in [6.45, 7) is 0.731. The van der Waals surface area contributed by atoms with Gasteiger partial charge in [-0.15, -0.1) is 0 Å². The summed E-state index contributed by atoms with van der Waals surface area (Å²) in [6.07, 6.45) is 2.41. The predicted octanol–water partition coefficient (Wildman–Crippen LogP) is 3.05. The van der Waals surface area contributed by atoms with Gasteiger partial charge < -0.3 is 15.2 Å². The number of hydrogen-bond donors (Lipinski definition) is 2. The minimum absolute atomic E-state index is 0.00682. The number of aromatic nitrogens is 3. The van der Waals surface area contributed by atoms with Gasteiger partial charge in [0.25, 0.3) is 0 Å². The second-order valence-corrected chi connectivity index (χ2v) is 5.78. The molecule has 0 saturated carbocycles. The minimum atomic E-state index is -0.874. The van der Waals surface area contributed by atoms with Crippen molar-refractivity contribution in [1.82, 2.24) is 15.0 Å². The van der Waals surface area contributed by atoms with E-state index < -0.39 is 5.97 Å². The number of benzene rings is 1. The molecule has 7 nitrogen and oxygen atoms in total. The van der Waals surface area contributed by atoms with Crippen molar-refractivity contribution in [2.45, 2.75) is 12.8 Å². The molecule has 0 fully saturated rings. The van der Waals surface area contributed by atoms with Gasteiger partial charge in [0.15, 0.2) is 5.82 Å². The number of carboxylic acids is 1. The fraction of sp³-hybridized carbons (Fsp3) is 0.200. The Bertz CT molecular complexity index is 873. The van der Waals surface area contributed by atoms with Gasteiger partial charge in [-0.1, -0.05) is 36.4 Å². The van der Waals surface area contributed by atoms with E-state index in [0.29, 0.717) is 29.8 Å². The topological polar surface area (TPSA) is 97.2 Å². The van der Waals surface area contributed by atoms with E-state index in [-0.39, 0.29) is 13.0 Å². The van der Waals surface area contributed by atoms with Crippen LogP contribution in [0.4, 0.5) is 5.82 Å². The first-order valence-corrected chi connectivity index (χ1v) is 8.63. The Labute approximate surface area is 157 Å². The third kappa shape index (κ3) is 5.78. The molecule has 3 rings (SSSR count). The van der Waals surface area contributed by atoms with Crippen LogP contribution in [-0.2, 0) is 11.2 Å². The molecular weight excluding hydrogens is 344 g/mol. The number of nitrogens with zero attached hydrogens (tertiary/aromatic N) is 3. The summed E-state index contributed by atoms with van der Waals surface area (Å²) in [4.78, 5) is 23.8. The minimum Gasteiger partial charge on any atom is -0.481 e. The summed E-state index contributed by atoms with van der Waals surface area (Å²) < 4.78 is 5.80. The van der Waals surface area contributed by atoms with Gasteiger partial charge in [-0.05, 0) is 17.7 Å². The molecule has 27 heavy (non-hydrogen) atoms. The summed E-state index contributed by atoms with van der Waals surface area (Å²) in [5.41, 5.74) is 1.80. The Morgan fingerprint density at radius 2 is 1.89 bits per heavy atom. The first-order chi connectivity index (χ1) is 13.2. The Morgan fingerprint density at radius 3 is 2.63 bits per heavy atom. The lowest BCUT2D eigenvalue weighted by Gasteiger charge is -2.10. The van der Waals surface area contributed by atoms with Crippen molar-refractivity contribution in [3.63, 3.8) is 0 Å². The van der Waals surface area contributed by atoms with Gasteiger partial charge in [-0.25, -0.2) is 4.98 Å². The Balaban J connectivity index is 1.73. The molecule has 0 saturated heterocycles. The Hall–Kier alpha value is -3.48.